The number of hydrogen-bond acceptors (Lipinski definition) is 2. The summed E-state index contributed by atoms with van der Waals surface area (Å²) < 4.78 is 0. The highest BCUT2D eigenvalue weighted by molar-refractivity contribution is 8.00. The molecule has 0 spiro atoms. The van der Waals surface area contributed by atoms with E-state index in [1.54, 1.807) is 0 Å². The smallest absolute Gasteiger partial charge is 0.223 e. The lowest BCUT2D eigenvalue weighted by Crippen LogP contribution is -2.62. The van der Waals surface area contributed by atoms with Crippen LogP contribution in [0.15, 0.2) is 65.6 Å². The van der Waals surface area contributed by atoms with Gasteiger partial charge in [0.1, 0.15) is 0 Å². The van der Waals surface area contributed by atoms with Gasteiger partial charge in [0.15, 0.2) is 0 Å². The van der Waals surface area contributed by atoms with Crippen LogP contribution in [0.2, 0.25) is 0 Å². The largest absolute Gasteiger partial charge is 0.369 e. The highest BCUT2D eigenvalue weighted by atomic mass is 32.2. The third-order valence-corrected chi connectivity index (χ3v) is 8.73. The van der Waals surface area contributed by atoms with Crippen LogP contribution < -0.4 is 5.73 Å². The topological polar surface area (TPSA) is 43.1 Å². The van der Waals surface area contributed by atoms with Gasteiger partial charge in [-0.15, -0.1) is 11.8 Å². The highest BCUT2D eigenvalue weighted by Gasteiger charge is 2.63. The maximum absolute atomic E-state index is 12.5. The number of carbonyl (C=O) groups excluding carboxylic acids is 1. The molecule has 0 heterocycles. The van der Waals surface area contributed by atoms with Crippen LogP contribution in [0.5, 0.6) is 0 Å². The van der Waals surface area contributed by atoms with Crippen LogP contribution in [0.1, 0.15) is 37.7 Å². The number of amides is 1. The van der Waals surface area contributed by atoms with E-state index < -0.39 is 0 Å². The maximum Gasteiger partial charge on any atom is 0.223 e. The van der Waals surface area contributed by atoms with Crippen molar-refractivity contribution in [2.45, 2.75) is 47.7 Å². The van der Waals surface area contributed by atoms with Crippen molar-refractivity contribution >= 4 is 17.7 Å². The molecule has 134 valence electrons. The monoisotopic (exact) mass is 363 g/mol. The lowest BCUT2D eigenvalue weighted by molar-refractivity contribution is -0.144. The van der Waals surface area contributed by atoms with Crippen LogP contribution in [-0.4, -0.2) is 11.2 Å². The summed E-state index contributed by atoms with van der Waals surface area (Å²) >= 11 is 2.03. The van der Waals surface area contributed by atoms with Crippen molar-refractivity contribution in [3.63, 3.8) is 0 Å². The van der Waals surface area contributed by atoms with Gasteiger partial charge in [-0.1, -0.05) is 48.5 Å². The first kappa shape index (κ1) is 16.4. The predicted molar refractivity (Wildman–Crippen MR) is 106 cm³/mol. The summed E-state index contributed by atoms with van der Waals surface area (Å²) in [4.78, 5) is 13.9. The molecule has 0 aliphatic heterocycles. The van der Waals surface area contributed by atoms with E-state index in [2.05, 4.69) is 60.7 Å². The van der Waals surface area contributed by atoms with Crippen molar-refractivity contribution < 1.29 is 4.79 Å². The van der Waals surface area contributed by atoms with E-state index in [0.717, 1.165) is 19.3 Å². The van der Waals surface area contributed by atoms with Gasteiger partial charge in [0, 0.05) is 10.1 Å². The second kappa shape index (κ2) is 5.88. The van der Waals surface area contributed by atoms with Gasteiger partial charge in [0.25, 0.3) is 0 Å². The molecule has 4 bridgehead atoms. The Balaban J connectivity index is 1.52. The second-order valence-electron chi connectivity index (χ2n) is 8.70. The molecule has 4 aliphatic carbocycles. The van der Waals surface area contributed by atoms with Crippen molar-refractivity contribution in [3.8, 4) is 0 Å². The third-order valence-electron chi connectivity index (χ3n) is 7.14. The maximum atomic E-state index is 12.5. The van der Waals surface area contributed by atoms with Crippen LogP contribution in [0.25, 0.3) is 0 Å². The Morgan fingerprint density at radius 2 is 1.46 bits per heavy atom. The Bertz CT molecular complexity index is 803. The molecular weight excluding hydrogens is 338 g/mol. The van der Waals surface area contributed by atoms with E-state index in [0.29, 0.717) is 17.1 Å². The molecule has 1 amide bonds. The molecule has 6 rings (SSSR count). The lowest BCUT2D eigenvalue weighted by Gasteiger charge is -2.64. The molecule has 4 fully saturated rings. The van der Waals surface area contributed by atoms with Gasteiger partial charge in [0.2, 0.25) is 5.91 Å². The SMILES string of the molecule is NC(=O)C12CC3CC(c4ccccc4)(CC(C1)C3Sc1ccccc1)C2. The van der Waals surface area contributed by atoms with Crippen LogP contribution in [-0.2, 0) is 10.2 Å². The second-order valence-corrected chi connectivity index (χ2v) is 9.95. The van der Waals surface area contributed by atoms with Gasteiger partial charge >= 0.3 is 0 Å². The summed E-state index contributed by atoms with van der Waals surface area (Å²) in [6.07, 6.45) is 5.32. The summed E-state index contributed by atoms with van der Waals surface area (Å²) in [6, 6.07) is 21.6. The number of hydrogen-bond donors (Lipinski definition) is 1. The Hall–Kier alpha value is -1.74. The Kier molecular flexibility index (Phi) is 3.72. The van der Waals surface area contributed by atoms with Gasteiger partial charge in [-0.2, -0.15) is 0 Å². The minimum Gasteiger partial charge on any atom is -0.369 e. The van der Waals surface area contributed by atoms with E-state index in [-0.39, 0.29) is 16.7 Å². The Labute approximate surface area is 159 Å². The molecule has 4 aliphatic rings. The van der Waals surface area contributed by atoms with Gasteiger partial charge < -0.3 is 5.73 Å². The van der Waals surface area contributed by atoms with E-state index in [1.807, 2.05) is 11.8 Å². The molecule has 2 N–H and O–H groups in total. The van der Waals surface area contributed by atoms with Crippen LogP contribution in [0.3, 0.4) is 0 Å². The van der Waals surface area contributed by atoms with E-state index in [9.17, 15) is 4.79 Å². The van der Waals surface area contributed by atoms with E-state index in [1.165, 1.54) is 23.3 Å². The molecule has 0 aromatic heterocycles. The molecule has 2 unspecified atom stereocenters. The summed E-state index contributed by atoms with van der Waals surface area (Å²) in [5.41, 5.74) is 7.27. The molecule has 2 aromatic rings. The van der Waals surface area contributed by atoms with Crippen molar-refractivity contribution in [1.82, 2.24) is 0 Å². The zero-order chi connectivity index (χ0) is 17.8. The fourth-order valence-electron chi connectivity index (χ4n) is 6.37. The number of benzene rings is 2. The van der Waals surface area contributed by atoms with Gasteiger partial charge in [-0.05, 0) is 67.1 Å². The molecule has 0 radical (unpaired) electrons. The Morgan fingerprint density at radius 1 is 0.885 bits per heavy atom. The van der Waals surface area contributed by atoms with Crippen LogP contribution >= 0.6 is 11.8 Å². The van der Waals surface area contributed by atoms with Gasteiger partial charge in [0.05, 0.1) is 5.41 Å². The van der Waals surface area contributed by atoms with Crippen LogP contribution in [0, 0.1) is 17.3 Å². The number of rotatable bonds is 4. The predicted octanol–water partition coefficient (Wildman–Crippen LogP) is 4.78. The number of nitrogens with two attached hydrogens (primary N) is 1. The molecule has 2 aromatic carbocycles. The number of primary amides is 1. The van der Waals surface area contributed by atoms with Gasteiger partial charge in [-0.25, -0.2) is 0 Å². The van der Waals surface area contributed by atoms with Crippen molar-refractivity contribution in [2.24, 2.45) is 23.0 Å². The first-order valence-corrected chi connectivity index (χ1v) is 10.6. The minimum atomic E-state index is -0.282. The average Bonchev–Trinajstić information content (AvgIpc) is 2.66. The number of thioether (sulfide) groups is 1. The zero-order valence-corrected chi connectivity index (χ0v) is 15.8. The molecule has 26 heavy (non-hydrogen) atoms. The van der Waals surface area contributed by atoms with E-state index >= 15 is 0 Å². The minimum absolute atomic E-state index is 0.0598. The summed E-state index contributed by atoms with van der Waals surface area (Å²) in [5, 5.41) is 0.613. The third kappa shape index (κ3) is 2.44. The van der Waals surface area contributed by atoms with Gasteiger partial charge in [-0.3, -0.25) is 4.79 Å². The molecule has 0 saturated heterocycles. The summed E-state index contributed by atoms with van der Waals surface area (Å²) in [6.45, 7) is 0. The fourth-order valence-corrected chi connectivity index (χ4v) is 7.77. The molecule has 3 heteroatoms. The lowest BCUT2D eigenvalue weighted by atomic mass is 9.42. The highest BCUT2D eigenvalue weighted by Crippen LogP contribution is 2.67. The number of carbonyl (C=O) groups is 1. The average molecular weight is 364 g/mol. The quantitative estimate of drug-likeness (QED) is 0.849. The normalized spacial score (nSPS) is 37.6. The van der Waals surface area contributed by atoms with E-state index in [4.69, 9.17) is 5.73 Å². The molecule has 2 atom stereocenters. The fraction of sp³-hybridized carbons (Fsp3) is 0.435. The molecule has 2 nitrogen and oxygen atoms in total. The standard InChI is InChI=1S/C23H25NOS/c24-21(25)23-13-16-11-22(15-23,18-7-3-1-4-8-18)12-17(14-23)20(16)26-19-9-5-2-6-10-19/h1-10,16-17,20H,11-15H2,(H2,24,25). The van der Waals surface area contributed by atoms with Crippen molar-refractivity contribution in [1.29, 1.82) is 0 Å². The summed E-state index contributed by atoms with van der Waals surface area (Å²) in [5.74, 6) is 1.10. The van der Waals surface area contributed by atoms with Crippen LogP contribution in [0.4, 0.5) is 0 Å². The Morgan fingerprint density at radius 3 is 2.04 bits per heavy atom. The van der Waals surface area contributed by atoms with Crippen molar-refractivity contribution in [3.05, 3.63) is 66.2 Å². The molecular formula is C23H25NOS. The first-order chi connectivity index (χ1) is 12.6. The molecule has 4 saturated carbocycles. The first-order valence-electron chi connectivity index (χ1n) is 9.67. The zero-order valence-electron chi connectivity index (χ0n) is 14.9. The van der Waals surface area contributed by atoms with Crippen molar-refractivity contribution in [2.75, 3.05) is 0 Å². The summed E-state index contributed by atoms with van der Waals surface area (Å²) in [7, 11) is 0.